The van der Waals surface area contributed by atoms with E-state index in [1.165, 1.54) is 17.0 Å². The predicted octanol–water partition coefficient (Wildman–Crippen LogP) is 10.7. The molecule has 0 atom stereocenters. The molecule has 0 saturated carbocycles. The van der Waals surface area contributed by atoms with Gasteiger partial charge in [0.1, 0.15) is 5.58 Å². The van der Waals surface area contributed by atoms with Gasteiger partial charge in [-0.15, -0.1) is 29.1 Å². The van der Waals surface area contributed by atoms with Gasteiger partial charge in [-0.05, 0) is 48.8 Å². The quantitative estimate of drug-likeness (QED) is 0.0916. The summed E-state index contributed by atoms with van der Waals surface area (Å²) in [7, 11) is 0. The van der Waals surface area contributed by atoms with Crippen molar-refractivity contribution >= 4 is 27.5 Å². The van der Waals surface area contributed by atoms with E-state index in [4.69, 9.17) is 4.42 Å². The average molecular weight is 782 g/mol. The number of hydrogen-bond donors (Lipinski definition) is 1. The Morgan fingerprint density at radius 2 is 1.62 bits per heavy atom. The summed E-state index contributed by atoms with van der Waals surface area (Å²) in [5.74, 6) is 0.547. The molecule has 5 aromatic rings. The molecule has 3 heterocycles. The minimum Gasteiger partial charge on any atom is -0.512 e. The molecule has 0 fully saturated rings. The third-order valence-corrected chi connectivity index (χ3v) is 8.39. The molecule has 0 unspecified atom stereocenters. The van der Waals surface area contributed by atoms with Crippen molar-refractivity contribution in [3.05, 3.63) is 96.8 Å². The molecule has 0 bridgehead atoms. The van der Waals surface area contributed by atoms with E-state index < -0.39 is 0 Å². The Morgan fingerprint density at radius 3 is 2.29 bits per heavy atom. The number of benzene rings is 2. The van der Waals surface area contributed by atoms with Crippen LogP contribution in [0.15, 0.2) is 89.6 Å². The van der Waals surface area contributed by atoms with Gasteiger partial charge >= 0.3 is 0 Å². The first-order chi connectivity index (χ1) is 21.1. The third kappa shape index (κ3) is 8.56. The molecule has 2 aromatic carbocycles. The van der Waals surface area contributed by atoms with Crippen LogP contribution in [0, 0.1) is 17.9 Å². The van der Waals surface area contributed by atoms with Gasteiger partial charge in [0.05, 0.1) is 12.0 Å². The summed E-state index contributed by atoms with van der Waals surface area (Å²) >= 11 is 0. The molecule has 1 N–H and O–H groups in total. The first-order valence-corrected chi connectivity index (χ1v) is 15.8. The van der Waals surface area contributed by atoms with Crippen LogP contribution in [0.4, 0.5) is 0 Å². The topological polar surface area (TPSA) is 76.2 Å². The second kappa shape index (κ2) is 16.1. The van der Waals surface area contributed by atoms with Crippen molar-refractivity contribution in [3.63, 3.8) is 0 Å². The van der Waals surface area contributed by atoms with Gasteiger partial charge in [-0.2, -0.15) is 0 Å². The van der Waals surface area contributed by atoms with Crippen LogP contribution in [0.5, 0.6) is 0 Å². The van der Waals surface area contributed by atoms with E-state index >= 15 is 0 Å². The molecule has 45 heavy (non-hydrogen) atoms. The summed E-state index contributed by atoms with van der Waals surface area (Å²) < 4.78 is 5.70. The van der Waals surface area contributed by atoms with Crippen molar-refractivity contribution in [2.75, 3.05) is 0 Å². The molecule has 0 saturated heterocycles. The number of aliphatic hydroxyl groups is 1. The zero-order chi connectivity index (χ0) is 31.9. The summed E-state index contributed by atoms with van der Waals surface area (Å²) in [4.78, 5) is 20.6. The van der Waals surface area contributed by atoms with Crippen molar-refractivity contribution in [3.8, 4) is 22.4 Å². The number of allylic oxidation sites excluding steroid dienone is 2. The van der Waals surface area contributed by atoms with Crippen LogP contribution in [-0.2, 0) is 30.3 Å². The maximum Gasteiger partial charge on any atom is 0.162 e. The molecule has 0 amide bonds. The Kier molecular flexibility index (Phi) is 12.8. The van der Waals surface area contributed by atoms with Gasteiger partial charge in [0.2, 0.25) is 0 Å². The number of hydrogen-bond acceptors (Lipinski definition) is 5. The van der Waals surface area contributed by atoms with Gasteiger partial charge in [-0.25, -0.2) is 0 Å². The zero-order valence-corrected chi connectivity index (χ0v) is 29.9. The van der Waals surface area contributed by atoms with E-state index in [-0.39, 0.29) is 48.9 Å². The molecule has 6 heteroatoms. The number of aromatic nitrogens is 2. The summed E-state index contributed by atoms with van der Waals surface area (Å²) in [5, 5.41) is 13.1. The second-order valence-electron chi connectivity index (χ2n) is 12.3. The number of aliphatic hydroxyl groups excluding tert-OH is 1. The Balaban J connectivity index is 0.000000297. The van der Waals surface area contributed by atoms with E-state index in [1.807, 2.05) is 52.2 Å². The smallest absolute Gasteiger partial charge is 0.162 e. The Labute approximate surface area is 281 Å². The first-order valence-electron chi connectivity index (χ1n) is 15.8. The van der Waals surface area contributed by atoms with Crippen LogP contribution in [0.2, 0.25) is 0 Å². The van der Waals surface area contributed by atoms with Gasteiger partial charge in [0.15, 0.2) is 5.78 Å². The van der Waals surface area contributed by atoms with E-state index in [9.17, 15) is 9.90 Å². The van der Waals surface area contributed by atoms with Gasteiger partial charge in [-0.3, -0.25) is 14.8 Å². The van der Waals surface area contributed by atoms with Crippen molar-refractivity contribution in [1.82, 2.24) is 9.97 Å². The Morgan fingerprint density at radius 1 is 0.933 bits per heavy atom. The number of furan rings is 1. The molecular formula is C39H45IrN2O3-. The Bertz CT molecular complexity index is 1740. The molecule has 0 spiro atoms. The normalized spacial score (nSPS) is 11.9. The fraction of sp³-hybridized carbons (Fsp3) is 0.359. The summed E-state index contributed by atoms with van der Waals surface area (Å²) in [6, 6.07) is 20.2. The van der Waals surface area contributed by atoms with E-state index in [2.05, 4.69) is 73.2 Å². The molecule has 0 aliphatic carbocycles. The second-order valence-corrected chi connectivity index (χ2v) is 12.3. The Hall–Kier alpha value is -3.60. The van der Waals surface area contributed by atoms with E-state index in [0.29, 0.717) is 0 Å². The van der Waals surface area contributed by atoms with Crippen LogP contribution in [0.25, 0.3) is 44.1 Å². The molecule has 0 aliphatic rings. The largest absolute Gasteiger partial charge is 0.512 e. The monoisotopic (exact) mass is 782 g/mol. The van der Waals surface area contributed by atoms with Crippen LogP contribution in [0.3, 0.4) is 0 Å². The zero-order valence-electron chi connectivity index (χ0n) is 27.5. The van der Waals surface area contributed by atoms with Crippen LogP contribution in [-0.4, -0.2) is 20.9 Å². The summed E-state index contributed by atoms with van der Waals surface area (Å²) in [6.45, 7) is 14.8. The van der Waals surface area contributed by atoms with Crippen LogP contribution in [0.1, 0.15) is 79.7 Å². The van der Waals surface area contributed by atoms with Gasteiger partial charge < -0.3 is 9.52 Å². The molecular weight excluding hydrogens is 737 g/mol. The van der Waals surface area contributed by atoms with Gasteiger partial charge in [0.25, 0.3) is 0 Å². The number of fused-ring (bicyclic) bond motifs is 2. The number of carbonyl (C=O) groups excluding carboxylic acids is 1. The number of rotatable bonds is 9. The SMILES string of the molecule is CC(C)(C)c1cc(-c2cc(-c3coc4ccncc34)ccn2)[c-]c2ccccc12.CCC(CC)C(=O)/C=C(\O)C(CC)CC.[Ir]. The number of carbonyl (C=O) groups is 1. The van der Waals surface area contributed by atoms with Gasteiger partial charge in [-0.1, -0.05) is 83.7 Å². The summed E-state index contributed by atoms with van der Waals surface area (Å²) in [6.07, 6.45) is 12.1. The minimum atomic E-state index is 0. The fourth-order valence-electron chi connectivity index (χ4n) is 5.61. The number of pyridine rings is 2. The maximum absolute atomic E-state index is 11.7. The number of ketones is 1. The van der Waals surface area contributed by atoms with Crippen molar-refractivity contribution in [2.45, 2.75) is 79.6 Å². The summed E-state index contributed by atoms with van der Waals surface area (Å²) in [5.41, 5.74) is 6.13. The van der Waals surface area contributed by atoms with Crippen molar-refractivity contribution < 1.29 is 34.4 Å². The van der Waals surface area contributed by atoms with Crippen LogP contribution < -0.4 is 0 Å². The molecule has 5 nitrogen and oxygen atoms in total. The van der Waals surface area contributed by atoms with E-state index in [0.717, 1.165) is 64.4 Å². The fourth-order valence-corrected chi connectivity index (χ4v) is 5.61. The molecule has 1 radical (unpaired) electrons. The standard InChI is InChI=1S/C26H21N2O.C13H24O2.Ir/c1-26(2,3)23-13-19(12-17-6-4-5-7-20(17)23)24-14-18(8-11-28-24)22-16-29-25-9-10-27-15-21(22)25;1-5-10(6-2)12(14)9-13(15)11(7-3)8-4;/h4-11,13-16H,1-3H3;9-11,14H,5-8H2,1-4H3;/q-1;;/b;12-9-;. The average Bonchev–Trinajstić information content (AvgIpc) is 3.46. The number of nitrogens with zero attached hydrogens (tertiary/aromatic N) is 2. The molecule has 5 rings (SSSR count). The van der Waals surface area contributed by atoms with Gasteiger partial charge in [0, 0.05) is 73.3 Å². The minimum absolute atomic E-state index is 0. The third-order valence-electron chi connectivity index (χ3n) is 8.39. The van der Waals surface area contributed by atoms with Crippen molar-refractivity contribution in [1.29, 1.82) is 0 Å². The van der Waals surface area contributed by atoms with Crippen molar-refractivity contribution in [2.24, 2.45) is 11.8 Å². The molecule has 3 aromatic heterocycles. The molecule has 0 aliphatic heterocycles. The van der Waals surface area contributed by atoms with Crippen LogP contribution >= 0.6 is 0 Å². The molecule has 239 valence electrons. The predicted molar refractivity (Wildman–Crippen MR) is 182 cm³/mol. The maximum atomic E-state index is 11.7. The van der Waals surface area contributed by atoms with E-state index in [1.54, 1.807) is 12.5 Å². The first kappa shape index (κ1) is 35.9.